The molecule has 1 N–H and O–H groups in total. The van der Waals surface area contributed by atoms with Crippen LogP contribution in [0.1, 0.15) is 14.9 Å². The molecule has 0 aromatic heterocycles. The second kappa shape index (κ2) is 10.0. The third-order valence-corrected chi connectivity index (χ3v) is 0.474. The zero-order chi connectivity index (χ0) is 4.99. The smallest absolute Gasteiger partial charge is 0.0472 e. The molecule has 0 heterocycles. The van der Waals surface area contributed by atoms with Crippen molar-refractivity contribution >= 4 is 0 Å². The molecule has 0 bridgehead atoms. The molecular formula is C6H20N2. The monoisotopic (exact) mass is 120 g/mol. The van der Waals surface area contributed by atoms with E-state index in [4.69, 9.17) is 0 Å². The average molecular weight is 120 g/mol. The number of rotatable bonds is 2. The molecule has 0 spiro atoms. The Hall–Kier alpha value is -0.0800. The molecule has 0 aromatic rings. The van der Waals surface area contributed by atoms with E-state index in [1.165, 1.54) is 0 Å². The summed E-state index contributed by atoms with van der Waals surface area (Å²) >= 11 is 0. The minimum absolute atomic E-state index is 0. The lowest BCUT2D eigenvalue weighted by Gasteiger charge is -2.05. The summed E-state index contributed by atoms with van der Waals surface area (Å²) in [5, 5.41) is 2.99. The Kier molecular flexibility index (Phi) is 19.6. The summed E-state index contributed by atoms with van der Waals surface area (Å²) in [5.74, 6) is 0. The summed E-state index contributed by atoms with van der Waals surface area (Å²) in [6.45, 7) is 0.958. The van der Waals surface area contributed by atoms with Crippen molar-refractivity contribution in [2.45, 2.75) is 14.9 Å². The topological polar surface area (TPSA) is 15.3 Å². The van der Waals surface area contributed by atoms with Gasteiger partial charge in [0.05, 0.1) is 0 Å². The van der Waals surface area contributed by atoms with Gasteiger partial charge in [-0.25, -0.2) is 0 Å². The fourth-order valence-corrected chi connectivity index (χ4v) is 0.316. The Morgan fingerprint density at radius 3 is 1.62 bits per heavy atom. The number of nitrogens with one attached hydrogen (secondary N) is 1. The van der Waals surface area contributed by atoms with Crippen LogP contribution in [-0.2, 0) is 0 Å². The summed E-state index contributed by atoms with van der Waals surface area (Å²) in [4.78, 5) is 2.07. The Bertz CT molecular complexity index is 27.7. The Morgan fingerprint density at radius 1 is 1.25 bits per heavy atom. The third-order valence-electron chi connectivity index (χ3n) is 0.474. The van der Waals surface area contributed by atoms with Gasteiger partial charge in [0.2, 0.25) is 0 Å². The van der Waals surface area contributed by atoms with Gasteiger partial charge in [-0.3, -0.25) is 4.90 Å². The Labute approximate surface area is 53.9 Å². The summed E-state index contributed by atoms with van der Waals surface area (Å²) < 4.78 is 0. The van der Waals surface area contributed by atoms with Gasteiger partial charge in [0.15, 0.2) is 0 Å². The molecule has 0 aliphatic heterocycles. The van der Waals surface area contributed by atoms with Gasteiger partial charge in [-0.2, -0.15) is 0 Å². The zero-order valence-electron chi connectivity index (χ0n) is 4.65. The SMILES string of the molecule is C.C.CNCN(C)C. The number of nitrogens with zero attached hydrogens (tertiary/aromatic N) is 1. The van der Waals surface area contributed by atoms with E-state index in [0.717, 1.165) is 6.67 Å². The van der Waals surface area contributed by atoms with Gasteiger partial charge >= 0.3 is 0 Å². The molecule has 0 atom stereocenters. The lowest BCUT2D eigenvalue weighted by molar-refractivity contribution is 0.385. The molecule has 0 aromatic carbocycles. The largest absolute Gasteiger partial charge is 0.307 e. The van der Waals surface area contributed by atoms with Crippen molar-refractivity contribution in [1.29, 1.82) is 0 Å². The molecule has 0 rings (SSSR count). The molecule has 0 radical (unpaired) electrons. The fraction of sp³-hybridized carbons (Fsp3) is 1.00. The second-order valence-corrected chi connectivity index (χ2v) is 1.59. The van der Waals surface area contributed by atoms with Crippen molar-refractivity contribution in [3.63, 3.8) is 0 Å². The van der Waals surface area contributed by atoms with Crippen molar-refractivity contribution in [3.8, 4) is 0 Å². The number of hydrogen-bond donors (Lipinski definition) is 1. The quantitative estimate of drug-likeness (QED) is 0.547. The van der Waals surface area contributed by atoms with Crippen LogP contribution < -0.4 is 5.32 Å². The first-order valence-electron chi connectivity index (χ1n) is 2.06. The van der Waals surface area contributed by atoms with E-state index in [0.29, 0.717) is 0 Å². The molecule has 0 saturated carbocycles. The van der Waals surface area contributed by atoms with E-state index >= 15 is 0 Å². The van der Waals surface area contributed by atoms with Crippen LogP contribution in [0.5, 0.6) is 0 Å². The lowest BCUT2D eigenvalue weighted by atomic mass is 10.9. The van der Waals surface area contributed by atoms with Gasteiger partial charge in [0.25, 0.3) is 0 Å². The maximum absolute atomic E-state index is 2.99. The highest BCUT2D eigenvalue weighted by Gasteiger charge is 1.77. The van der Waals surface area contributed by atoms with Crippen LogP contribution >= 0.6 is 0 Å². The summed E-state index contributed by atoms with van der Waals surface area (Å²) in [7, 11) is 5.98. The van der Waals surface area contributed by atoms with Crippen LogP contribution in [0.25, 0.3) is 0 Å². The molecule has 0 aliphatic carbocycles. The standard InChI is InChI=1S/C4H12N2.2CH4/c1-5-4-6(2)3;;/h5H,4H2,1-3H3;2*1H4. The maximum Gasteiger partial charge on any atom is 0.0472 e. The van der Waals surface area contributed by atoms with E-state index in [-0.39, 0.29) is 14.9 Å². The highest BCUT2D eigenvalue weighted by atomic mass is 15.2. The van der Waals surface area contributed by atoms with Gasteiger partial charge in [-0.05, 0) is 21.1 Å². The van der Waals surface area contributed by atoms with Gasteiger partial charge in [-0.15, -0.1) is 0 Å². The van der Waals surface area contributed by atoms with Gasteiger partial charge in [0.1, 0.15) is 0 Å². The molecule has 0 fully saturated rings. The predicted octanol–water partition coefficient (Wildman–Crippen LogP) is 0.997. The molecular weight excluding hydrogens is 100 g/mol. The van der Waals surface area contributed by atoms with Gasteiger partial charge in [-0.1, -0.05) is 14.9 Å². The van der Waals surface area contributed by atoms with Crippen molar-refractivity contribution in [2.24, 2.45) is 0 Å². The molecule has 54 valence electrons. The molecule has 0 amide bonds. The first-order chi connectivity index (χ1) is 2.77. The third kappa shape index (κ3) is 16.8. The minimum Gasteiger partial charge on any atom is -0.307 e. The van der Waals surface area contributed by atoms with Crippen molar-refractivity contribution < 1.29 is 0 Å². The highest BCUT2D eigenvalue weighted by Crippen LogP contribution is 1.60. The van der Waals surface area contributed by atoms with Crippen LogP contribution in [0.2, 0.25) is 0 Å². The molecule has 2 heteroatoms. The first kappa shape index (κ1) is 15.7. The first-order valence-corrected chi connectivity index (χ1v) is 2.06. The maximum atomic E-state index is 2.99. The van der Waals surface area contributed by atoms with Crippen LogP contribution in [0.15, 0.2) is 0 Å². The van der Waals surface area contributed by atoms with Gasteiger partial charge in [0, 0.05) is 6.67 Å². The van der Waals surface area contributed by atoms with Crippen LogP contribution in [0, 0.1) is 0 Å². The van der Waals surface area contributed by atoms with E-state index in [9.17, 15) is 0 Å². The minimum atomic E-state index is 0. The van der Waals surface area contributed by atoms with Crippen molar-refractivity contribution in [2.75, 3.05) is 27.8 Å². The second-order valence-electron chi connectivity index (χ2n) is 1.59. The van der Waals surface area contributed by atoms with Crippen LogP contribution in [0.4, 0.5) is 0 Å². The van der Waals surface area contributed by atoms with E-state index in [1.807, 2.05) is 21.1 Å². The highest BCUT2D eigenvalue weighted by molar-refractivity contribution is 4.30. The molecule has 0 saturated heterocycles. The van der Waals surface area contributed by atoms with Crippen LogP contribution in [-0.4, -0.2) is 32.7 Å². The Balaban J connectivity index is -0.000000125. The van der Waals surface area contributed by atoms with E-state index in [2.05, 4.69) is 10.2 Å². The molecule has 8 heavy (non-hydrogen) atoms. The lowest BCUT2D eigenvalue weighted by Crippen LogP contribution is -2.24. The van der Waals surface area contributed by atoms with E-state index < -0.39 is 0 Å². The molecule has 2 nitrogen and oxygen atoms in total. The van der Waals surface area contributed by atoms with Gasteiger partial charge < -0.3 is 5.32 Å². The molecule has 0 unspecified atom stereocenters. The van der Waals surface area contributed by atoms with Crippen molar-refractivity contribution in [3.05, 3.63) is 0 Å². The zero-order valence-corrected chi connectivity index (χ0v) is 4.65. The fourth-order valence-electron chi connectivity index (χ4n) is 0.316. The average Bonchev–Trinajstić information content (AvgIpc) is 1.35. The number of hydrogen-bond acceptors (Lipinski definition) is 2. The predicted molar refractivity (Wildman–Crippen MR) is 41.1 cm³/mol. The van der Waals surface area contributed by atoms with Crippen molar-refractivity contribution in [1.82, 2.24) is 10.2 Å². The normalized spacial score (nSPS) is 7.50. The van der Waals surface area contributed by atoms with Crippen LogP contribution in [0.3, 0.4) is 0 Å². The molecule has 0 aliphatic rings. The van der Waals surface area contributed by atoms with E-state index in [1.54, 1.807) is 0 Å². The summed E-state index contributed by atoms with van der Waals surface area (Å²) in [6.07, 6.45) is 0. The summed E-state index contributed by atoms with van der Waals surface area (Å²) in [6, 6.07) is 0. The Morgan fingerprint density at radius 2 is 1.62 bits per heavy atom. The summed E-state index contributed by atoms with van der Waals surface area (Å²) in [5.41, 5.74) is 0.